The van der Waals surface area contributed by atoms with Gasteiger partial charge in [-0.2, -0.15) is 0 Å². The Kier molecular flexibility index (Phi) is 4.27. The van der Waals surface area contributed by atoms with Crippen LogP contribution >= 0.6 is 0 Å². The van der Waals surface area contributed by atoms with E-state index in [1.807, 2.05) is 6.92 Å². The fourth-order valence-corrected chi connectivity index (χ4v) is 0.592. The molecule has 0 bridgehead atoms. The van der Waals surface area contributed by atoms with Crippen molar-refractivity contribution in [2.45, 2.75) is 20.3 Å². The van der Waals surface area contributed by atoms with Crippen LogP contribution in [0.3, 0.4) is 0 Å². The van der Waals surface area contributed by atoms with Gasteiger partial charge in [-0.05, 0) is 12.5 Å². The first-order valence-electron chi connectivity index (χ1n) is 3.56. The average Bonchev–Trinajstić information content (AvgIpc) is 1.99. The highest BCUT2D eigenvalue weighted by atomic mass is 16.5. The number of carbonyl (C=O) groups excluding carboxylic acids is 1. The summed E-state index contributed by atoms with van der Waals surface area (Å²) in [6, 6.07) is 0. The second-order valence-corrected chi connectivity index (χ2v) is 2.28. The number of methoxy groups -OCH3 is 1. The standard InChI is InChI=1S/C9H14O2/c1-5-7(2)6-9(11-4)8(3)10/h6H,2,5H2,1,3-4H3/b9-6+. The minimum Gasteiger partial charge on any atom is -0.493 e. The third-order valence-electron chi connectivity index (χ3n) is 1.36. The molecule has 11 heavy (non-hydrogen) atoms. The lowest BCUT2D eigenvalue weighted by Crippen LogP contribution is -1.98. The third kappa shape index (κ3) is 3.61. The second kappa shape index (κ2) is 4.72. The van der Waals surface area contributed by atoms with Crippen LogP contribution in [0.25, 0.3) is 0 Å². The Morgan fingerprint density at radius 3 is 2.45 bits per heavy atom. The molecule has 0 aliphatic rings. The van der Waals surface area contributed by atoms with E-state index in [0.717, 1.165) is 12.0 Å². The number of rotatable bonds is 4. The lowest BCUT2D eigenvalue weighted by Gasteiger charge is -2.01. The Morgan fingerprint density at radius 1 is 1.64 bits per heavy atom. The van der Waals surface area contributed by atoms with Crippen molar-refractivity contribution in [3.63, 3.8) is 0 Å². The van der Waals surface area contributed by atoms with Gasteiger partial charge in [0.15, 0.2) is 11.5 Å². The van der Waals surface area contributed by atoms with Crippen molar-refractivity contribution in [2.75, 3.05) is 7.11 Å². The van der Waals surface area contributed by atoms with Crippen molar-refractivity contribution in [3.05, 3.63) is 24.0 Å². The summed E-state index contributed by atoms with van der Waals surface area (Å²) in [5.41, 5.74) is 0.900. The Hall–Kier alpha value is -1.05. The van der Waals surface area contributed by atoms with Gasteiger partial charge in [-0.15, -0.1) is 0 Å². The van der Waals surface area contributed by atoms with Crippen LogP contribution in [0.2, 0.25) is 0 Å². The average molecular weight is 154 g/mol. The van der Waals surface area contributed by atoms with Crippen molar-refractivity contribution in [1.82, 2.24) is 0 Å². The maximum atomic E-state index is 10.8. The van der Waals surface area contributed by atoms with E-state index < -0.39 is 0 Å². The molecule has 0 rings (SSSR count). The number of ether oxygens (including phenoxy) is 1. The summed E-state index contributed by atoms with van der Waals surface area (Å²) in [7, 11) is 1.48. The highest BCUT2D eigenvalue weighted by Crippen LogP contribution is 2.05. The van der Waals surface area contributed by atoms with Crippen molar-refractivity contribution >= 4 is 5.78 Å². The summed E-state index contributed by atoms with van der Waals surface area (Å²) in [6.45, 7) is 7.18. The van der Waals surface area contributed by atoms with Gasteiger partial charge < -0.3 is 4.74 Å². The van der Waals surface area contributed by atoms with E-state index in [4.69, 9.17) is 4.74 Å². The SMILES string of the molecule is C=C(/C=C(/OC)C(C)=O)CC. The fraction of sp³-hybridized carbons (Fsp3) is 0.444. The number of hydrogen-bond acceptors (Lipinski definition) is 2. The maximum Gasteiger partial charge on any atom is 0.194 e. The van der Waals surface area contributed by atoms with E-state index in [1.165, 1.54) is 14.0 Å². The Labute approximate surface area is 67.6 Å². The maximum absolute atomic E-state index is 10.8. The molecule has 0 unspecified atom stereocenters. The zero-order chi connectivity index (χ0) is 8.85. The van der Waals surface area contributed by atoms with E-state index in [0.29, 0.717) is 5.76 Å². The molecule has 0 aliphatic carbocycles. The first-order valence-corrected chi connectivity index (χ1v) is 3.56. The molecular weight excluding hydrogens is 140 g/mol. The minimum atomic E-state index is -0.0675. The summed E-state index contributed by atoms with van der Waals surface area (Å²) in [4.78, 5) is 10.8. The number of Topliss-reactive ketones (excluding diaryl/α,β-unsaturated/α-hetero) is 1. The van der Waals surface area contributed by atoms with Crippen LogP contribution in [0.15, 0.2) is 24.0 Å². The molecule has 2 heteroatoms. The highest BCUT2D eigenvalue weighted by Gasteiger charge is 2.01. The molecule has 0 atom stereocenters. The molecule has 0 N–H and O–H groups in total. The van der Waals surface area contributed by atoms with Gasteiger partial charge in [0, 0.05) is 6.92 Å². The third-order valence-corrected chi connectivity index (χ3v) is 1.36. The van der Waals surface area contributed by atoms with Crippen molar-refractivity contribution in [3.8, 4) is 0 Å². The molecule has 0 saturated heterocycles. The van der Waals surface area contributed by atoms with Crippen LogP contribution in [0.1, 0.15) is 20.3 Å². The fourth-order valence-electron chi connectivity index (χ4n) is 0.592. The second-order valence-electron chi connectivity index (χ2n) is 2.28. The van der Waals surface area contributed by atoms with E-state index in [-0.39, 0.29) is 5.78 Å². The molecule has 0 aromatic heterocycles. The van der Waals surface area contributed by atoms with Crippen LogP contribution in [-0.2, 0) is 9.53 Å². The molecule has 0 radical (unpaired) electrons. The number of carbonyl (C=O) groups is 1. The van der Waals surface area contributed by atoms with E-state index in [2.05, 4.69) is 6.58 Å². The van der Waals surface area contributed by atoms with E-state index >= 15 is 0 Å². The summed E-state index contributed by atoms with van der Waals surface area (Å²) in [5, 5.41) is 0. The minimum absolute atomic E-state index is 0.0675. The summed E-state index contributed by atoms with van der Waals surface area (Å²) >= 11 is 0. The molecule has 0 spiro atoms. The van der Waals surface area contributed by atoms with Crippen molar-refractivity contribution < 1.29 is 9.53 Å². The molecule has 0 fully saturated rings. The highest BCUT2D eigenvalue weighted by molar-refractivity contribution is 5.91. The predicted molar refractivity (Wildman–Crippen MR) is 45.2 cm³/mol. The molecule has 0 aromatic carbocycles. The van der Waals surface area contributed by atoms with Gasteiger partial charge in [0.2, 0.25) is 0 Å². The Balaban J connectivity index is 4.35. The lowest BCUT2D eigenvalue weighted by molar-refractivity contribution is -0.116. The molecular formula is C9H14O2. The van der Waals surface area contributed by atoms with Gasteiger partial charge in [0.05, 0.1) is 7.11 Å². The summed E-state index contributed by atoms with van der Waals surface area (Å²) in [5.74, 6) is 0.305. The summed E-state index contributed by atoms with van der Waals surface area (Å²) < 4.78 is 4.83. The monoisotopic (exact) mass is 154 g/mol. The first kappa shape index (κ1) is 9.95. The van der Waals surface area contributed by atoms with Crippen LogP contribution in [0.5, 0.6) is 0 Å². The number of hydrogen-bond donors (Lipinski definition) is 0. The largest absolute Gasteiger partial charge is 0.493 e. The Morgan fingerprint density at radius 2 is 2.18 bits per heavy atom. The Bertz CT molecular complexity index is 190. The van der Waals surface area contributed by atoms with Crippen molar-refractivity contribution in [2.24, 2.45) is 0 Å². The van der Waals surface area contributed by atoms with Crippen LogP contribution in [0.4, 0.5) is 0 Å². The van der Waals surface area contributed by atoms with E-state index in [9.17, 15) is 4.79 Å². The lowest BCUT2D eigenvalue weighted by atomic mass is 10.2. The van der Waals surface area contributed by atoms with Gasteiger partial charge in [0.25, 0.3) is 0 Å². The van der Waals surface area contributed by atoms with E-state index in [1.54, 1.807) is 6.08 Å². The van der Waals surface area contributed by atoms with Gasteiger partial charge in [-0.3, -0.25) is 4.79 Å². The first-order chi connectivity index (χ1) is 5.11. The molecule has 0 aromatic rings. The van der Waals surface area contributed by atoms with Crippen LogP contribution in [-0.4, -0.2) is 12.9 Å². The quantitative estimate of drug-likeness (QED) is 0.352. The van der Waals surface area contributed by atoms with Gasteiger partial charge in [0.1, 0.15) is 0 Å². The molecule has 2 nitrogen and oxygen atoms in total. The molecule has 62 valence electrons. The normalized spacial score (nSPS) is 11.0. The van der Waals surface area contributed by atoms with Crippen LogP contribution in [0, 0.1) is 0 Å². The molecule has 0 saturated carbocycles. The summed E-state index contributed by atoms with van der Waals surface area (Å²) in [6.07, 6.45) is 2.50. The van der Waals surface area contributed by atoms with Crippen molar-refractivity contribution in [1.29, 1.82) is 0 Å². The predicted octanol–water partition coefficient (Wildman–Crippen LogP) is 2.07. The zero-order valence-corrected chi connectivity index (χ0v) is 7.31. The van der Waals surface area contributed by atoms with Gasteiger partial charge in [-0.25, -0.2) is 0 Å². The van der Waals surface area contributed by atoms with Crippen LogP contribution < -0.4 is 0 Å². The molecule has 0 heterocycles. The molecule has 0 amide bonds. The topological polar surface area (TPSA) is 26.3 Å². The zero-order valence-electron chi connectivity index (χ0n) is 7.31. The van der Waals surface area contributed by atoms with Gasteiger partial charge >= 0.3 is 0 Å². The number of allylic oxidation sites excluding steroid dienone is 3. The molecule has 0 aliphatic heterocycles. The van der Waals surface area contributed by atoms with Gasteiger partial charge in [-0.1, -0.05) is 19.1 Å². The smallest absolute Gasteiger partial charge is 0.194 e. The number of ketones is 1.